The van der Waals surface area contributed by atoms with Gasteiger partial charge in [0.25, 0.3) is 0 Å². The van der Waals surface area contributed by atoms with Crippen LogP contribution < -0.4 is 14.8 Å². The first-order chi connectivity index (χ1) is 11.0. The summed E-state index contributed by atoms with van der Waals surface area (Å²) >= 11 is 0. The Balaban J connectivity index is 2.12. The van der Waals surface area contributed by atoms with E-state index in [-0.39, 0.29) is 6.10 Å². The van der Waals surface area contributed by atoms with Gasteiger partial charge in [-0.1, -0.05) is 13.8 Å². The maximum Gasteiger partial charge on any atom is 0.310 e. The first-order valence-corrected chi connectivity index (χ1v) is 8.26. The van der Waals surface area contributed by atoms with Gasteiger partial charge in [0.05, 0.1) is 12.5 Å². The van der Waals surface area contributed by atoms with Crippen LogP contribution in [0.1, 0.15) is 44.7 Å². The van der Waals surface area contributed by atoms with Crippen LogP contribution in [0.3, 0.4) is 0 Å². The van der Waals surface area contributed by atoms with Gasteiger partial charge in [0.1, 0.15) is 17.6 Å². The number of hydrogen-bond acceptors (Lipinski definition) is 4. The summed E-state index contributed by atoms with van der Waals surface area (Å²) in [5.41, 5.74) is 1.47. The van der Waals surface area contributed by atoms with Crippen molar-refractivity contribution in [1.82, 2.24) is 5.32 Å². The van der Waals surface area contributed by atoms with Crippen molar-refractivity contribution in [3.8, 4) is 11.5 Å². The minimum absolute atomic E-state index is 0.167. The van der Waals surface area contributed by atoms with Crippen molar-refractivity contribution in [1.29, 1.82) is 0 Å². The molecule has 0 aromatic heterocycles. The van der Waals surface area contributed by atoms with Crippen LogP contribution >= 0.6 is 0 Å². The Bertz CT molecular complexity index is 566. The molecule has 0 saturated carbocycles. The number of fused-ring (bicyclic) bond motifs is 1. The fraction of sp³-hybridized carbons (Fsp3) is 0.611. The molecular weight excluding hydrogens is 294 g/mol. The summed E-state index contributed by atoms with van der Waals surface area (Å²) < 4.78 is 11.3. The van der Waals surface area contributed by atoms with Crippen LogP contribution in [-0.2, 0) is 17.8 Å². The van der Waals surface area contributed by atoms with Crippen molar-refractivity contribution in [2.24, 2.45) is 5.41 Å². The number of nitrogens with one attached hydrogen (secondary N) is 1. The Kier molecular flexibility index (Phi) is 5.52. The summed E-state index contributed by atoms with van der Waals surface area (Å²) in [5.74, 6) is 0.990. The van der Waals surface area contributed by atoms with E-state index in [1.807, 2.05) is 32.9 Å². The van der Waals surface area contributed by atoms with Crippen molar-refractivity contribution in [2.45, 2.75) is 52.7 Å². The first-order valence-electron chi connectivity index (χ1n) is 8.26. The zero-order chi connectivity index (χ0) is 17.0. The highest BCUT2D eigenvalue weighted by molar-refractivity contribution is 5.74. The molecule has 1 heterocycles. The highest BCUT2D eigenvalue weighted by Gasteiger charge is 2.34. The third kappa shape index (κ3) is 3.61. The molecule has 0 aliphatic carbocycles. The number of carboxylic acid groups (broad SMARTS) is 1. The number of ether oxygens (including phenoxy) is 2. The molecular formula is C18H27NO4. The number of carboxylic acids is 1. The SMILES string of the molecule is CCC(CC)(CNCc1cc(OC)cc2c1OC(C)C2)C(=O)O. The van der Waals surface area contributed by atoms with E-state index in [2.05, 4.69) is 5.32 Å². The number of methoxy groups -OCH3 is 1. The third-order valence-corrected chi connectivity index (χ3v) is 4.86. The fourth-order valence-electron chi connectivity index (χ4n) is 3.14. The predicted molar refractivity (Wildman–Crippen MR) is 89.1 cm³/mol. The molecule has 1 aromatic carbocycles. The van der Waals surface area contributed by atoms with Crippen LogP contribution in [0.2, 0.25) is 0 Å². The lowest BCUT2D eigenvalue weighted by atomic mass is 9.82. The average Bonchev–Trinajstić information content (AvgIpc) is 2.91. The van der Waals surface area contributed by atoms with Gasteiger partial charge in [-0.3, -0.25) is 4.79 Å². The average molecular weight is 321 g/mol. The van der Waals surface area contributed by atoms with Crippen LogP contribution in [0.25, 0.3) is 0 Å². The monoisotopic (exact) mass is 321 g/mol. The second-order valence-electron chi connectivity index (χ2n) is 6.30. The zero-order valence-corrected chi connectivity index (χ0v) is 14.4. The molecule has 0 spiro atoms. The molecule has 23 heavy (non-hydrogen) atoms. The van der Waals surface area contributed by atoms with E-state index < -0.39 is 11.4 Å². The van der Waals surface area contributed by atoms with E-state index in [1.54, 1.807) is 7.11 Å². The lowest BCUT2D eigenvalue weighted by Crippen LogP contribution is -2.40. The van der Waals surface area contributed by atoms with Gasteiger partial charge >= 0.3 is 5.97 Å². The largest absolute Gasteiger partial charge is 0.497 e. The second kappa shape index (κ2) is 7.21. The van der Waals surface area contributed by atoms with Crippen molar-refractivity contribution in [2.75, 3.05) is 13.7 Å². The van der Waals surface area contributed by atoms with E-state index in [4.69, 9.17) is 9.47 Å². The predicted octanol–water partition coefficient (Wildman–Crippen LogP) is 3.00. The van der Waals surface area contributed by atoms with Crippen LogP contribution in [0.5, 0.6) is 11.5 Å². The second-order valence-corrected chi connectivity index (χ2v) is 6.30. The molecule has 5 heteroatoms. The van der Waals surface area contributed by atoms with Gasteiger partial charge in [-0.25, -0.2) is 0 Å². The van der Waals surface area contributed by atoms with E-state index in [1.165, 1.54) is 0 Å². The molecule has 1 aliphatic heterocycles. The van der Waals surface area contributed by atoms with Crippen molar-refractivity contribution in [3.63, 3.8) is 0 Å². The molecule has 0 fully saturated rings. The Morgan fingerprint density at radius 3 is 2.70 bits per heavy atom. The number of hydrogen-bond donors (Lipinski definition) is 2. The number of rotatable bonds is 8. The smallest absolute Gasteiger partial charge is 0.310 e. The summed E-state index contributed by atoms with van der Waals surface area (Å²) in [5, 5.41) is 12.8. The quantitative estimate of drug-likeness (QED) is 0.770. The van der Waals surface area contributed by atoms with Gasteiger partial charge in [0.2, 0.25) is 0 Å². The van der Waals surface area contributed by atoms with E-state index in [0.29, 0.717) is 25.9 Å². The molecule has 0 bridgehead atoms. The Hall–Kier alpha value is -1.75. The Morgan fingerprint density at radius 2 is 2.13 bits per heavy atom. The Labute approximate surface area is 138 Å². The number of aliphatic carboxylic acids is 1. The summed E-state index contributed by atoms with van der Waals surface area (Å²) in [7, 11) is 1.65. The number of benzene rings is 1. The summed E-state index contributed by atoms with van der Waals surface area (Å²) in [6, 6.07) is 3.98. The summed E-state index contributed by atoms with van der Waals surface area (Å²) in [4.78, 5) is 11.6. The highest BCUT2D eigenvalue weighted by Crippen LogP contribution is 2.36. The van der Waals surface area contributed by atoms with Gasteiger partial charge in [-0.2, -0.15) is 0 Å². The molecule has 1 aliphatic rings. The van der Waals surface area contributed by atoms with E-state index >= 15 is 0 Å². The topological polar surface area (TPSA) is 67.8 Å². The van der Waals surface area contributed by atoms with Gasteiger partial charge in [-0.05, 0) is 31.9 Å². The van der Waals surface area contributed by atoms with Crippen molar-refractivity contribution < 1.29 is 19.4 Å². The molecule has 1 atom stereocenters. The standard InChI is InChI=1S/C18H27NO4/c1-5-18(6-2,17(20)21)11-19-10-14-9-15(22-4)8-13-7-12(3)23-16(13)14/h8-9,12,19H,5-7,10-11H2,1-4H3,(H,20,21). The minimum Gasteiger partial charge on any atom is -0.497 e. The molecule has 2 N–H and O–H groups in total. The van der Waals surface area contributed by atoms with Crippen molar-refractivity contribution >= 4 is 5.97 Å². The van der Waals surface area contributed by atoms with E-state index in [9.17, 15) is 9.90 Å². The zero-order valence-electron chi connectivity index (χ0n) is 14.4. The minimum atomic E-state index is -0.740. The van der Waals surface area contributed by atoms with Crippen molar-refractivity contribution in [3.05, 3.63) is 23.3 Å². The van der Waals surface area contributed by atoms with Crippen LogP contribution in [-0.4, -0.2) is 30.8 Å². The Morgan fingerprint density at radius 1 is 1.43 bits per heavy atom. The van der Waals surface area contributed by atoms with E-state index in [0.717, 1.165) is 29.0 Å². The molecule has 0 radical (unpaired) electrons. The van der Waals surface area contributed by atoms with Crippen LogP contribution in [0.4, 0.5) is 0 Å². The molecule has 2 rings (SSSR count). The molecule has 1 aromatic rings. The lowest BCUT2D eigenvalue weighted by molar-refractivity contribution is -0.149. The molecule has 0 saturated heterocycles. The maximum atomic E-state index is 11.6. The number of carbonyl (C=O) groups is 1. The fourth-order valence-corrected chi connectivity index (χ4v) is 3.14. The molecule has 5 nitrogen and oxygen atoms in total. The highest BCUT2D eigenvalue weighted by atomic mass is 16.5. The normalized spacial score (nSPS) is 16.8. The molecule has 0 amide bonds. The molecule has 1 unspecified atom stereocenters. The third-order valence-electron chi connectivity index (χ3n) is 4.86. The summed E-state index contributed by atoms with van der Waals surface area (Å²) in [6.45, 7) is 6.91. The van der Waals surface area contributed by atoms with Crippen LogP contribution in [0.15, 0.2) is 12.1 Å². The summed E-state index contributed by atoms with van der Waals surface area (Å²) in [6.07, 6.45) is 2.26. The maximum absolute atomic E-state index is 11.6. The van der Waals surface area contributed by atoms with Gasteiger partial charge in [-0.15, -0.1) is 0 Å². The van der Waals surface area contributed by atoms with Gasteiger partial charge < -0.3 is 19.9 Å². The van der Waals surface area contributed by atoms with Gasteiger partial charge in [0, 0.05) is 30.6 Å². The van der Waals surface area contributed by atoms with Crippen LogP contribution in [0, 0.1) is 5.41 Å². The molecule has 128 valence electrons. The van der Waals surface area contributed by atoms with Gasteiger partial charge in [0.15, 0.2) is 0 Å². The first kappa shape index (κ1) is 17.6. The lowest BCUT2D eigenvalue weighted by Gasteiger charge is -2.27.